The van der Waals surface area contributed by atoms with Gasteiger partial charge in [-0.25, -0.2) is 0 Å². The van der Waals surface area contributed by atoms with Crippen molar-refractivity contribution in [1.29, 1.82) is 0 Å². The minimum Gasteiger partial charge on any atom is -0.409 e. The first-order valence-corrected chi connectivity index (χ1v) is 6.49. The van der Waals surface area contributed by atoms with Crippen molar-refractivity contribution in [2.24, 2.45) is 10.9 Å². The van der Waals surface area contributed by atoms with Crippen molar-refractivity contribution in [3.8, 4) is 0 Å². The molecule has 0 saturated heterocycles. The van der Waals surface area contributed by atoms with Crippen molar-refractivity contribution in [1.82, 2.24) is 10.2 Å². The zero-order valence-corrected chi connectivity index (χ0v) is 12.3. The van der Waals surface area contributed by atoms with E-state index in [0.29, 0.717) is 25.2 Å². The molecular weight excluding hydrogens is 256 g/mol. The lowest BCUT2D eigenvalue weighted by Gasteiger charge is -2.27. The highest BCUT2D eigenvalue weighted by Crippen LogP contribution is 2.07. The Hall–Kier alpha value is -1.63. The summed E-state index contributed by atoms with van der Waals surface area (Å²) in [6.45, 7) is 3.48. The molecule has 0 saturated carbocycles. The molecule has 6 nitrogen and oxygen atoms in total. The van der Waals surface area contributed by atoms with E-state index in [1.165, 1.54) is 0 Å². The first-order chi connectivity index (χ1) is 9.34. The molecule has 0 bridgehead atoms. The first-order valence-electron chi connectivity index (χ1n) is 6.49. The third kappa shape index (κ3) is 5.56. The van der Waals surface area contributed by atoms with Gasteiger partial charge in [-0.3, -0.25) is 0 Å². The number of likely N-dealkylation sites (N-methyl/N-ethyl adjacent to an activating group) is 1. The second-order valence-electron chi connectivity index (χ2n) is 5.52. The minimum absolute atomic E-state index is 0.0893. The molecule has 0 aliphatic heterocycles. The Morgan fingerprint density at radius 3 is 2.75 bits per heavy atom. The number of nitrogens with two attached hydrogens (primary N) is 1. The maximum Gasteiger partial charge on any atom is 0.170 e. The van der Waals surface area contributed by atoms with Gasteiger partial charge in [-0.2, -0.15) is 0 Å². The molecule has 0 aromatic heterocycles. The van der Waals surface area contributed by atoms with Crippen molar-refractivity contribution in [2.45, 2.75) is 19.1 Å². The average molecular weight is 280 g/mol. The van der Waals surface area contributed by atoms with Gasteiger partial charge in [-0.1, -0.05) is 23.4 Å². The van der Waals surface area contributed by atoms with Crippen LogP contribution in [0.15, 0.2) is 29.4 Å². The van der Waals surface area contributed by atoms with E-state index < -0.39 is 5.60 Å². The number of amidine groups is 1. The van der Waals surface area contributed by atoms with Gasteiger partial charge >= 0.3 is 0 Å². The van der Waals surface area contributed by atoms with Crippen LogP contribution in [0, 0.1) is 0 Å². The highest BCUT2D eigenvalue weighted by Gasteiger charge is 2.20. The Balaban J connectivity index is 2.54. The number of nitrogens with one attached hydrogen (secondary N) is 1. The number of nitrogens with zero attached hydrogens (tertiary/aromatic N) is 2. The molecule has 0 heterocycles. The molecule has 1 aromatic carbocycles. The van der Waals surface area contributed by atoms with Gasteiger partial charge in [0.1, 0.15) is 0 Å². The molecule has 0 aliphatic rings. The average Bonchev–Trinajstić information content (AvgIpc) is 2.36. The molecule has 20 heavy (non-hydrogen) atoms. The Morgan fingerprint density at radius 1 is 1.45 bits per heavy atom. The zero-order chi connectivity index (χ0) is 15.2. The van der Waals surface area contributed by atoms with Gasteiger partial charge in [0.05, 0.1) is 5.60 Å². The summed E-state index contributed by atoms with van der Waals surface area (Å²) in [4.78, 5) is 1.95. The fourth-order valence-electron chi connectivity index (χ4n) is 2.11. The normalized spacial score (nSPS) is 15.3. The van der Waals surface area contributed by atoms with Crippen LogP contribution in [0.4, 0.5) is 0 Å². The molecule has 1 atom stereocenters. The van der Waals surface area contributed by atoms with Crippen LogP contribution < -0.4 is 11.1 Å². The number of rotatable bonds is 7. The van der Waals surface area contributed by atoms with Crippen molar-refractivity contribution in [3.63, 3.8) is 0 Å². The van der Waals surface area contributed by atoms with E-state index in [1.54, 1.807) is 13.0 Å². The van der Waals surface area contributed by atoms with E-state index in [1.807, 2.05) is 37.2 Å². The van der Waals surface area contributed by atoms with E-state index >= 15 is 0 Å². The van der Waals surface area contributed by atoms with E-state index in [4.69, 9.17) is 10.9 Å². The number of oxime groups is 1. The number of aliphatic hydroxyl groups is 1. The van der Waals surface area contributed by atoms with Crippen molar-refractivity contribution in [3.05, 3.63) is 35.4 Å². The van der Waals surface area contributed by atoms with Crippen LogP contribution in [0.25, 0.3) is 0 Å². The number of benzene rings is 1. The van der Waals surface area contributed by atoms with Gasteiger partial charge in [0, 0.05) is 25.2 Å². The van der Waals surface area contributed by atoms with Crippen LogP contribution in [-0.4, -0.2) is 53.8 Å². The molecule has 0 amide bonds. The molecule has 0 fully saturated rings. The quantitative estimate of drug-likeness (QED) is 0.247. The minimum atomic E-state index is -0.785. The summed E-state index contributed by atoms with van der Waals surface area (Å²) in [5.41, 5.74) is 6.45. The predicted molar refractivity (Wildman–Crippen MR) is 79.8 cm³/mol. The summed E-state index contributed by atoms with van der Waals surface area (Å²) in [6, 6.07) is 7.42. The van der Waals surface area contributed by atoms with E-state index in [0.717, 1.165) is 5.56 Å². The summed E-state index contributed by atoms with van der Waals surface area (Å²) in [5.74, 6) is 0.0893. The second-order valence-corrected chi connectivity index (χ2v) is 5.52. The van der Waals surface area contributed by atoms with Crippen LogP contribution >= 0.6 is 0 Å². The number of hydrogen-bond acceptors (Lipinski definition) is 5. The molecular formula is C14H24N4O2. The standard InChI is InChI=1S/C14H24N4O2/c1-14(19,10-18(2)3)9-16-8-11-5-4-6-12(7-11)13(15)17-20/h4-7,16,19-20H,8-10H2,1-3H3,(H2,15,17). The highest BCUT2D eigenvalue weighted by molar-refractivity contribution is 5.97. The molecule has 1 aromatic rings. The van der Waals surface area contributed by atoms with Crippen molar-refractivity contribution >= 4 is 5.84 Å². The smallest absolute Gasteiger partial charge is 0.170 e. The lowest BCUT2D eigenvalue weighted by molar-refractivity contribution is 0.0336. The van der Waals surface area contributed by atoms with Crippen LogP contribution in [0.5, 0.6) is 0 Å². The van der Waals surface area contributed by atoms with Crippen molar-refractivity contribution in [2.75, 3.05) is 27.2 Å². The monoisotopic (exact) mass is 280 g/mol. The summed E-state index contributed by atoms with van der Waals surface area (Å²) >= 11 is 0. The Morgan fingerprint density at radius 2 is 2.15 bits per heavy atom. The molecule has 0 aliphatic carbocycles. The van der Waals surface area contributed by atoms with Gasteiger partial charge in [-0.15, -0.1) is 0 Å². The maximum atomic E-state index is 10.2. The molecule has 0 spiro atoms. The predicted octanol–water partition coefficient (Wildman–Crippen LogP) is 0.183. The highest BCUT2D eigenvalue weighted by atomic mass is 16.4. The second kappa shape index (κ2) is 7.23. The third-order valence-corrected chi connectivity index (χ3v) is 2.82. The van der Waals surface area contributed by atoms with Gasteiger partial charge in [0.25, 0.3) is 0 Å². The summed E-state index contributed by atoms with van der Waals surface area (Å²) in [6.07, 6.45) is 0. The summed E-state index contributed by atoms with van der Waals surface area (Å²) < 4.78 is 0. The van der Waals surface area contributed by atoms with Gasteiger partial charge in [0.2, 0.25) is 0 Å². The fourth-order valence-corrected chi connectivity index (χ4v) is 2.11. The molecule has 1 rings (SSSR count). The van der Waals surface area contributed by atoms with Crippen LogP contribution in [0.3, 0.4) is 0 Å². The van der Waals surface area contributed by atoms with Crippen LogP contribution in [-0.2, 0) is 6.54 Å². The Bertz CT molecular complexity index is 458. The molecule has 1 unspecified atom stereocenters. The van der Waals surface area contributed by atoms with Crippen LogP contribution in [0.1, 0.15) is 18.1 Å². The largest absolute Gasteiger partial charge is 0.409 e. The van der Waals surface area contributed by atoms with Crippen molar-refractivity contribution < 1.29 is 10.3 Å². The fraction of sp³-hybridized carbons (Fsp3) is 0.500. The summed E-state index contributed by atoms with van der Waals surface area (Å²) in [7, 11) is 3.85. The maximum absolute atomic E-state index is 10.2. The van der Waals surface area contributed by atoms with Gasteiger partial charge in [-0.05, 0) is 32.6 Å². The molecule has 112 valence electrons. The summed E-state index contributed by atoms with van der Waals surface area (Å²) in [5, 5.41) is 25.0. The molecule has 5 N–H and O–H groups in total. The van der Waals surface area contributed by atoms with E-state index in [9.17, 15) is 5.11 Å². The lowest BCUT2D eigenvalue weighted by atomic mass is 10.1. The SMILES string of the molecule is CN(C)CC(C)(O)CNCc1cccc(/C(N)=N/O)c1. The van der Waals surface area contributed by atoms with E-state index in [2.05, 4.69) is 10.5 Å². The zero-order valence-electron chi connectivity index (χ0n) is 12.3. The topological polar surface area (TPSA) is 94.1 Å². The molecule has 6 heteroatoms. The number of hydrogen-bond donors (Lipinski definition) is 4. The van der Waals surface area contributed by atoms with Crippen LogP contribution in [0.2, 0.25) is 0 Å². The molecule has 0 radical (unpaired) electrons. The van der Waals surface area contributed by atoms with E-state index in [-0.39, 0.29) is 5.84 Å². The Kier molecular flexibility index (Phi) is 5.94. The first kappa shape index (κ1) is 16.4. The van der Waals surface area contributed by atoms with Gasteiger partial charge in [0.15, 0.2) is 5.84 Å². The lowest BCUT2D eigenvalue weighted by Crippen LogP contribution is -2.45. The third-order valence-electron chi connectivity index (χ3n) is 2.82. The Labute approximate surface area is 119 Å². The van der Waals surface area contributed by atoms with Gasteiger partial charge < -0.3 is 26.3 Å².